The lowest BCUT2D eigenvalue weighted by atomic mass is 9.94. The maximum Gasteiger partial charge on any atom is 0.295 e. The summed E-state index contributed by atoms with van der Waals surface area (Å²) in [6.45, 7) is 6.22. The fourth-order valence-electron chi connectivity index (χ4n) is 4.83. The number of benzene rings is 2. The number of morpholine rings is 1. The van der Waals surface area contributed by atoms with E-state index in [-0.39, 0.29) is 21.8 Å². The quantitative estimate of drug-likeness (QED) is 0.295. The summed E-state index contributed by atoms with van der Waals surface area (Å²) in [6.07, 6.45) is 1.52. The lowest BCUT2D eigenvalue weighted by Gasteiger charge is -2.29. The predicted octanol–water partition coefficient (Wildman–Crippen LogP) is 2.64. The number of nitrogens with zero attached hydrogens (tertiary/aromatic N) is 3. The van der Waals surface area contributed by atoms with Gasteiger partial charge in [0.05, 0.1) is 29.7 Å². The first-order chi connectivity index (χ1) is 18.1. The number of hydrogen-bond acceptors (Lipinski definition) is 7. The smallest absolute Gasteiger partial charge is 0.295 e. The Morgan fingerprint density at radius 2 is 1.63 bits per heavy atom. The zero-order valence-electron chi connectivity index (χ0n) is 22.1. The maximum absolute atomic E-state index is 13.3. The second-order valence-electron chi connectivity index (χ2n) is 9.71. The van der Waals surface area contributed by atoms with Crippen molar-refractivity contribution in [3.05, 3.63) is 70.8 Å². The molecule has 38 heavy (non-hydrogen) atoms. The van der Waals surface area contributed by atoms with E-state index in [0.29, 0.717) is 26.2 Å². The second-order valence-corrected chi connectivity index (χ2v) is 11.9. The zero-order chi connectivity index (χ0) is 27.4. The number of Topliss-reactive ketones (excluding diaryl/α,β-unsaturated/α-hetero) is 1. The SMILES string of the molecule is CCc1ccc(C2/C(=C(/O)c3ccc(S(=O)(=O)N(C)C)cc3)C(=O)C(=O)N2CCCN2CCOCC2)cc1. The van der Waals surface area contributed by atoms with Crippen LogP contribution in [0.15, 0.2) is 59.0 Å². The first kappa shape index (κ1) is 28.0. The van der Waals surface area contributed by atoms with E-state index >= 15 is 0 Å². The Hall–Kier alpha value is -3.05. The summed E-state index contributed by atoms with van der Waals surface area (Å²) < 4.78 is 31.4. The number of hydrogen-bond donors (Lipinski definition) is 1. The minimum absolute atomic E-state index is 0.00818. The van der Waals surface area contributed by atoms with Gasteiger partial charge < -0.3 is 14.7 Å². The van der Waals surface area contributed by atoms with Gasteiger partial charge in [0, 0.05) is 45.8 Å². The van der Waals surface area contributed by atoms with E-state index in [1.807, 2.05) is 31.2 Å². The van der Waals surface area contributed by atoms with Gasteiger partial charge in [-0.15, -0.1) is 0 Å². The van der Waals surface area contributed by atoms with Gasteiger partial charge in [-0.3, -0.25) is 14.5 Å². The maximum atomic E-state index is 13.3. The highest BCUT2D eigenvalue weighted by Crippen LogP contribution is 2.39. The highest BCUT2D eigenvalue weighted by molar-refractivity contribution is 7.89. The number of likely N-dealkylation sites (tertiary alicyclic amines) is 1. The Bertz CT molecular complexity index is 1300. The third-order valence-corrected chi connectivity index (χ3v) is 8.96. The molecule has 2 aliphatic heterocycles. The van der Waals surface area contributed by atoms with Gasteiger partial charge in [-0.2, -0.15) is 0 Å². The highest BCUT2D eigenvalue weighted by atomic mass is 32.2. The molecule has 0 spiro atoms. The van der Waals surface area contributed by atoms with Crippen molar-refractivity contribution in [2.75, 3.05) is 53.5 Å². The number of carbonyl (C=O) groups is 2. The average molecular weight is 542 g/mol. The van der Waals surface area contributed by atoms with E-state index < -0.39 is 27.8 Å². The predicted molar refractivity (Wildman–Crippen MR) is 144 cm³/mol. The minimum atomic E-state index is -3.65. The lowest BCUT2D eigenvalue weighted by Crippen LogP contribution is -2.38. The molecule has 4 rings (SSSR count). The molecule has 0 saturated carbocycles. The van der Waals surface area contributed by atoms with E-state index in [4.69, 9.17) is 4.74 Å². The van der Waals surface area contributed by atoms with Crippen LogP contribution >= 0.6 is 0 Å². The van der Waals surface area contributed by atoms with Gasteiger partial charge in [0.1, 0.15) is 5.76 Å². The number of rotatable bonds is 9. The van der Waals surface area contributed by atoms with Crippen LogP contribution in [0.4, 0.5) is 0 Å². The molecule has 2 aliphatic rings. The van der Waals surface area contributed by atoms with E-state index in [1.165, 1.54) is 38.4 Å². The minimum Gasteiger partial charge on any atom is -0.507 e. The second kappa shape index (κ2) is 11.8. The average Bonchev–Trinajstić information content (AvgIpc) is 3.18. The van der Waals surface area contributed by atoms with Gasteiger partial charge in [-0.25, -0.2) is 12.7 Å². The number of amides is 1. The van der Waals surface area contributed by atoms with Crippen LogP contribution in [0.3, 0.4) is 0 Å². The Morgan fingerprint density at radius 3 is 2.21 bits per heavy atom. The third-order valence-electron chi connectivity index (χ3n) is 7.13. The van der Waals surface area contributed by atoms with Gasteiger partial charge in [-0.1, -0.05) is 31.2 Å². The van der Waals surface area contributed by atoms with Gasteiger partial charge in [-0.05, 0) is 48.2 Å². The van der Waals surface area contributed by atoms with Crippen molar-refractivity contribution in [3.63, 3.8) is 0 Å². The molecule has 2 aromatic carbocycles. The molecule has 1 unspecified atom stereocenters. The van der Waals surface area contributed by atoms with Crippen LogP contribution in [-0.4, -0.2) is 92.8 Å². The van der Waals surface area contributed by atoms with E-state index in [2.05, 4.69) is 4.90 Å². The Morgan fingerprint density at radius 1 is 1.00 bits per heavy atom. The largest absolute Gasteiger partial charge is 0.507 e. The highest BCUT2D eigenvalue weighted by Gasteiger charge is 2.45. The van der Waals surface area contributed by atoms with E-state index in [1.54, 1.807) is 4.90 Å². The van der Waals surface area contributed by atoms with Crippen LogP contribution in [0.25, 0.3) is 5.76 Å². The van der Waals surface area contributed by atoms with Gasteiger partial charge in [0.25, 0.3) is 11.7 Å². The summed E-state index contributed by atoms with van der Waals surface area (Å²) in [5, 5.41) is 11.3. The topological polar surface area (TPSA) is 107 Å². The molecule has 2 heterocycles. The van der Waals surface area contributed by atoms with E-state index in [9.17, 15) is 23.1 Å². The van der Waals surface area contributed by atoms with Crippen LogP contribution in [0, 0.1) is 0 Å². The standard InChI is InChI=1S/C28H35N3O6S/c1-4-20-6-8-21(9-7-20)25-24(26(32)22-10-12-23(13-11-22)38(35,36)29(2)3)27(33)28(34)31(25)15-5-14-30-16-18-37-19-17-30/h6-13,25,32H,4-5,14-19H2,1-3H3/b26-24-. The molecular weight excluding hydrogens is 506 g/mol. The van der Waals surface area contributed by atoms with Crippen LogP contribution in [0.5, 0.6) is 0 Å². The van der Waals surface area contributed by atoms with Crippen molar-refractivity contribution in [1.29, 1.82) is 0 Å². The fourth-order valence-corrected chi connectivity index (χ4v) is 5.74. The number of aliphatic hydroxyl groups is 1. The van der Waals surface area contributed by atoms with Crippen molar-refractivity contribution in [1.82, 2.24) is 14.1 Å². The lowest BCUT2D eigenvalue weighted by molar-refractivity contribution is -0.140. The van der Waals surface area contributed by atoms with E-state index in [0.717, 1.165) is 41.5 Å². The summed E-state index contributed by atoms with van der Waals surface area (Å²) in [6, 6.07) is 12.6. The van der Waals surface area contributed by atoms with Crippen LogP contribution in [-0.2, 0) is 30.8 Å². The molecule has 9 nitrogen and oxygen atoms in total. The molecule has 0 radical (unpaired) electrons. The Balaban J connectivity index is 1.68. The molecule has 1 atom stereocenters. The molecule has 2 aromatic rings. The summed E-state index contributed by atoms with van der Waals surface area (Å²) in [7, 11) is -0.776. The molecule has 2 fully saturated rings. The Labute approximate surface area is 224 Å². The van der Waals surface area contributed by atoms with Crippen molar-refractivity contribution >= 4 is 27.5 Å². The number of ether oxygens (including phenoxy) is 1. The molecule has 0 bridgehead atoms. The number of ketones is 1. The van der Waals surface area contributed by atoms with Gasteiger partial charge in [0.15, 0.2) is 0 Å². The molecule has 2 saturated heterocycles. The third kappa shape index (κ3) is 5.68. The summed E-state index contributed by atoms with van der Waals surface area (Å²) in [5.74, 6) is -1.72. The van der Waals surface area contributed by atoms with Crippen LogP contribution < -0.4 is 0 Å². The van der Waals surface area contributed by atoms with Crippen LogP contribution in [0.1, 0.15) is 36.1 Å². The number of aryl methyl sites for hydroxylation is 1. The molecule has 1 amide bonds. The molecular formula is C28H35N3O6S. The van der Waals surface area contributed by atoms with Gasteiger partial charge >= 0.3 is 0 Å². The van der Waals surface area contributed by atoms with Crippen molar-refractivity contribution in [3.8, 4) is 0 Å². The molecule has 1 N–H and O–H groups in total. The van der Waals surface area contributed by atoms with Crippen molar-refractivity contribution < 1.29 is 27.9 Å². The fraction of sp³-hybridized carbons (Fsp3) is 0.429. The first-order valence-electron chi connectivity index (χ1n) is 12.9. The van der Waals surface area contributed by atoms with Gasteiger partial charge in [0.2, 0.25) is 10.0 Å². The normalized spacial score (nSPS) is 20.4. The number of aliphatic hydroxyl groups excluding tert-OH is 1. The van der Waals surface area contributed by atoms with Crippen molar-refractivity contribution in [2.24, 2.45) is 0 Å². The molecule has 0 aromatic heterocycles. The summed E-state index contributed by atoms with van der Waals surface area (Å²) in [5.41, 5.74) is 2.13. The number of sulfonamides is 1. The first-order valence-corrected chi connectivity index (χ1v) is 14.3. The zero-order valence-corrected chi connectivity index (χ0v) is 22.9. The molecule has 204 valence electrons. The molecule has 10 heteroatoms. The van der Waals surface area contributed by atoms with Crippen LogP contribution in [0.2, 0.25) is 0 Å². The van der Waals surface area contributed by atoms with Crippen molar-refractivity contribution in [2.45, 2.75) is 30.7 Å². The molecule has 0 aliphatic carbocycles. The summed E-state index contributed by atoms with van der Waals surface area (Å²) in [4.78, 5) is 30.4. The monoisotopic (exact) mass is 541 g/mol. The Kier molecular flexibility index (Phi) is 8.67. The number of carbonyl (C=O) groups excluding carboxylic acids is 2. The summed E-state index contributed by atoms with van der Waals surface area (Å²) >= 11 is 0.